The lowest BCUT2D eigenvalue weighted by Crippen LogP contribution is -2.42. The molecule has 0 spiro atoms. The van der Waals surface area contributed by atoms with Crippen molar-refractivity contribution in [1.82, 2.24) is 0 Å². The number of allylic oxidation sites excluding steroid dienone is 5. The summed E-state index contributed by atoms with van der Waals surface area (Å²) >= 11 is 0. The Hall–Kier alpha value is -3.33. The van der Waals surface area contributed by atoms with Crippen LogP contribution < -0.4 is 0 Å². The Morgan fingerprint density at radius 3 is 2.50 bits per heavy atom. The van der Waals surface area contributed by atoms with Crippen LogP contribution in [0.15, 0.2) is 47.1 Å². The van der Waals surface area contributed by atoms with Crippen LogP contribution in [0, 0.1) is 23.2 Å². The molecule has 4 bridgehead atoms. The number of carboxylic acid groups (broad SMARTS) is 1. The maximum Gasteiger partial charge on any atom is 0.342 e. The number of fused-ring (bicyclic) bond motifs is 1. The third-order valence-corrected chi connectivity index (χ3v) is 8.75. The molecule has 1 fully saturated rings. The summed E-state index contributed by atoms with van der Waals surface area (Å²) in [6.45, 7) is 3.83. The molecule has 0 aromatic carbocycles. The molecule has 9 nitrogen and oxygen atoms in total. The highest BCUT2D eigenvalue weighted by Gasteiger charge is 2.65. The molecule has 1 saturated heterocycles. The first-order valence-electron chi connectivity index (χ1n) is 14.2. The number of aliphatic hydroxyl groups is 1. The fourth-order valence-electron chi connectivity index (χ4n) is 6.83. The van der Waals surface area contributed by atoms with E-state index >= 15 is 0 Å². The van der Waals surface area contributed by atoms with Gasteiger partial charge in [0.05, 0.1) is 17.6 Å². The van der Waals surface area contributed by atoms with Gasteiger partial charge >= 0.3 is 23.9 Å². The van der Waals surface area contributed by atoms with E-state index in [1.807, 2.05) is 38.2 Å². The highest BCUT2D eigenvalue weighted by Crippen LogP contribution is 2.60. The first-order valence-corrected chi connectivity index (χ1v) is 14.2. The number of rotatable bonds is 14. The Morgan fingerprint density at radius 2 is 1.80 bits per heavy atom. The van der Waals surface area contributed by atoms with Gasteiger partial charge in [-0.3, -0.25) is 14.4 Å². The molecule has 6 atom stereocenters. The fraction of sp³-hybridized carbons (Fsp3) is 0.581. The minimum atomic E-state index is -1.61. The molecule has 2 N–H and O–H groups in total. The lowest BCUT2D eigenvalue weighted by molar-refractivity contribution is -0.155. The highest BCUT2D eigenvalue weighted by molar-refractivity contribution is 6.14. The highest BCUT2D eigenvalue weighted by atomic mass is 16.6. The van der Waals surface area contributed by atoms with Crippen LogP contribution in [-0.4, -0.2) is 52.1 Å². The van der Waals surface area contributed by atoms with E-state index in [-0.39, 0.29) is 42.1 Å². The molecule has 2 aliphatic carbocycles. The number of esters is 3. The van der Waals surface area contributed by atoms with Gasteiger partial charge in [0.15, 0.2) is 5.78 Å². The van der Waals surface area contributed by atoms with Gasteiger partial charge in [0.1, 0.15) is 17.6 Å². The zero-order chi connectivity index (χ0) is 29.0. The molecule has 0 radical (unpaired) electrons. The van der Waals surface area contributed by atoms with Gasteiger partial charge < -0.3 is 19.7 Å². The number of aliphatic hydroxyl groups excluding tert-OH is 1. The van der Waals surface area contributed by atoms with Crippen LogP contribution in [0.4, 0.5) is 0 Å². The molecule has 40 heavy (non-hydrogen) atoms. The number of ketones is 1. The van der Waals surface area contributed by atoms with E-state index in [1.165, 1.54) is 0 Å². The van der Waals surface area contributed by atoms with Crippen LogP contribution in [0.5, 0.6) is 0 Å². The van der Waals surface area contributed by atoms with Gasteiger partial charge in [0.25, 0.3) is 0 Å². The molecular formula is C31H38O9. The molecule has 2 aliphatic heterocycles. The number of carbonyl (C=O) groups is 5. The van der Waals surface area contributed by atoms with Crippen molar-refractivity contribution in [2.24, 2.45) is 23.2 Å². The van der Waals surface area contributed by atoms with Crippen molar-refractivity contribution >= 4 is 29.7 Å². The van der Waals surface area contributed by atoms with Gasteiger partial charge in [-0.2, -0.15) is 0 Å². The second-order valence-corrected chi connectivity index (χ2v) is 11.2. The van der Waals surface area contributed by atoms with Crippen molar-refractivity contribution < 1.29 is 43.7 Å². The Balaban J connectivity index is 1.75. The van der Waals surface area contributed by atoms with Crippen molar-refractivity contribution in [2.45, 2.75) is 90.3 Å². The van der Waals surface area contributed by atoms with Gasteiger partial charge in [-0.25, -0.2) is 9.59 Å². The topological polar surface area (TPSA) is 144 Å². The number of cyclic esters (lactones) is 2. The molecule has 0 aromatic heterocycles. The van der Waals surface area contributed by atoms with Gasteiger partial charge in [-0.05, 0) is 63.4 Å². The second-order valence-electron chi connectivity index (χ2n) is 11.2. The van der Waals surface area contributed by atoms with Crippen molar-refractivity contribution in [3.05, 3.63) is 47.1 Å². The van der Waals surface area contributed by atoms with Gasteiger partial charge in [0.2, 0.25) is 0 Å². The standard InChI is InChI=1S/C31H38O9/c1-3-5-7-8-9-11-12-18-14-21-27-25(19(18)15-23(33)22(32)13-10-6-4-2)26-20(28(36)40-29(26)37)16-31(21,17-24(34)35)30(38)39-27/h3-6,14,18-19,22,25,27,32H,7-13,15-17H2,1-2H3,(H,34,35). The van der Waals surface area contributed by atoms with Crippen molar-refractivity contribution in [2.75, 3.05) is 0 Å². The van der Waals surface area contributed by atoms with E-state index in [4.69, 9.17) is 9.47 Å². The van der Waals surface area contributed by atoms with Crippen molar-refractivity contribution in [3.8, 4) is 0 Å². The van der Waals surface area contributed by atoms with E-state index in [2.05, 4.69) is 6.08 Å². The van der Waals surface area contributed by atoms with E-state index in [1.54, 1.807) is 0 Å². The number of Topliss-reactive ketones (excluding diaryl/α,β-unsaturated/α-hetero) is 1. The monoisotopic (exact) mass is 554 g/mol. The summed E-state index contributed by atoms with van der Waals surface area (Å²) in [7, 11) is 0. The minimum Gasteiger partial charge on any atom is -0.481 e. The summed E-state index contributed by atoms with van der Waals surface area (Å²) in [6, 6.07) is 0. The summed E-state index contributed by atoms with van der Waals surface area (Å²) < 4.78 is 10.8. The molecule has 6 unspecified atom stereocenters. The van der Waals surface area contributed by atoms with Crippen molar-refractivity contribution in [3.63, 3.8) is 0 Å². The Labute approximate surface area is 234 Å². The van der Waals surface area contributed by atoms with E-state index < -0.39 is 59.8 Å². The molecular weight excluding hydrogens is 516 g/mol. The summed E-state index contributed by atoms with van der Waals surface area (Å²) in [4.78, 5) is 64.4. The number of ether oxygens (including phenoxy) is 2. The van der Waals surface area contributed by atoms with E-state index in [0.29, 0.717) is 18.4 Å². The maximum atomic E-state index is 13.3. The smallest absolute Gasteiger partial charge is 0.342 e. The third-order valence-electron chi connectivity index (χ3n) is 8.75. The molecule has 0 aromatic rings. The average molecular weight is 555 g/mol. The first kappa shape index (κ1) is 29.6. The molecule has 2 heterocycles. The summed E-state index contributed by atoms with van der Waals surface area (Å²) in [5.74, 6) is -5.72. The molecule has 4 aliphatic rings. The molecule has 0 saturated carbocycles. The SMILES string of the molecule is CC=CCCCCCC1C=C2C3OC(=O)C2(CC(=O)O)CC2=C(C(=O)OC2=O)C3C1CC(=O)C(O)CCC=CC. The summed E-state index contributed by atoms with van der Waals surface area (Å²) in [5.41, 5.74) is -1.05. The van der Waals surface area contributed by atoms with Gasteiger partial charge in [-0.1, -0.05) is 43.2 Å². The van der Waals surface area contributed by atoms with E-state index in [0.717, 1.165) is 25.7 Å². The Morgan fingerprint density at radius 1 is 1.07 bits per heavy atom. The van der Waals surface area contributed by atoms with Crippen LogP contribution in [0.25, 0.3) is 0 Å². The zero-order valence-electron chi connectivity index (χ0n) is 23.1. The van der Waals surface area contributed by atoms with Gasteiger partial charge in [-0.15, -0.1) is 0 Å². The maximum absolute atomic E-state index is 13.3. The number of hydrogen-bond donors (Lipinski definition) is 2. The Bertz CT molecular complexity index is 1190. The predicted octanol–water partition coefficient (Wildman–Crippen LogP) is 4.15. The van der Waals surface area contributed by atoms with Crippen LogP contribution in [0.1, 0.15) is 78.1 Å². The Kier molecular flexibility index (Phi) is 9.23. The number of hydrogen-bond acceptors (Lipinski definition) is 8. The third kappa shape index (κ3) is 5.61. The lowest BCUT2D eigenvalue weighted by Gasteiger charge is -2.40. The molecule has 0 amide bonds. The van der Waals surface area contributed by atoms with Crippen LogP contribution in [0.3, 0.4) is 0 Å². The second kappa shape index (κ2) is 12.5. The molecule has 4 rings (SSSR count). The largest absolute Gasteiger partial charge is 0.481 e. The van der Waals surface area contributed by atoms with Crippen molar-refractivity contribution in [1.29, 1.82) is 0 Å². The molecule has 216 valence electrons. The predicted molar refractivity (Wildman–Crippen MR) is 143 cm³/mol. The van der Waals surface area contributed by atoms with E-state index in [9.17, 15) is 34.2 Å². The fourth-order valence-corrected chi connectivity index (χ4v) is 6.83. The van der Waals surface area contributed by atoms with Crippen LogP contribution in [0.2, 0.25) is 0 Å². The number of unbranched alkanes of at least 4 members (excludes halogenated alkanes) is 3. The number of aliphatic carboxylic acids is 1. The zero-order valence-corrected chi connectivity index (χ0v) is 23.1. The summed E-state index contributed by atoms with van der Waals surface area (Å²) in [6.07, 6.45) is 11.7. The van der Waals surface area contributed by atoms with Gasteiger partial charge in [0, 0.05) is 18.8 Å². The minimum absolute atomic E-state index is 0.000571. The number of carbonyl (C=O) groups excluding carboxylic acids is 4. The average Bonchev–Trinajstić information content (AvgIpc) is 3.28. The van der Waals surface area contributed by atoms with Crippen LogP contribution in [-0.2, 0) is 33.4 Å². The normalized spacial score (nSPS) is 29.9. The van der Waals surface area contributed by atoms with Crippen LogP contribution >= 0.6 is 0 Å². The first-order chi connectivity index (χ1) is 19.1. The quantitative estimate of drug-likeness (QED) is 0.140. The molecule has 9 heteroatoms. The number of carboxylic acids is 1. The summed E-state index contributed by atoms with van der Waals surface area (Å²) in [5, 5.41) is 20.4. The lowest BCUT2D eigenvalue weighted by atomic mass is 9.62.